The molecule has 0 saturated heterocycles. The number of aromatic amines is 1. The average molecular weight is 229 g/mol. The van der Waals surface area contributed by atoms with E-state index in [2.05, 4.69) is 25.5 Å². The molecule has 0 spiro atoms. The first kappa shape index (κ1) is 9.83. The third kappa shape index (κ3) is 1.73. The van der Waals surface area contributed by atoms with Crippen LogP contribution in [0.5, 0.6) is 5.88 Å². The van der Waals surface area contributed by atoms with Crippen molar-refractivity contribution in [2.75, 3.05) is 13.1 Å². The van der Waals surface area contributed by atoms with Crippen molar-refractivity contribution in [2.24, 2.45) is 15.2 Å². The average Bonchev–Trinajstić information content (AvgIpc) is 2.93. The molecule has 2 heterocycles. The number of hydrogen-bond donors (Lipinski definition) is 3. The number of azo groups is 1. The summed E-state index contributed by atoms with van der Waals surface area (Å²) in [6, 6.07) is 7.53. The zero-order valence-electron chi connectivity index (χ0n) is 9.01. The van der Waals surface area contributed by atoms with Crippen molar-refractivity contribution in [2.45, 2.75) is 0 Å². The van der Waals surface area contributed by atoms with Gasteiger partial charge in [-0.1, -0.05) is 18.2 Å². The number of nitrogens with one attached hydrogen (secondary N) is 2. The number of nitrogens with zero attached hydrogens (tertiary/aromatic N) is 3. The molecule has 0 bridgehead atoms. The molecule has 0 fully saturated rings. The molecule has 86 valence electrons. The van der Waals surface area contributed by atoms with Gasteiger partial charge in [0.2, 0.25) is 11.8 Å². The fraction of sp³-hybridized carbons (Fsp3) is 0.182. The standard InChI is InChI=1S/C11H11N5O/c17-10-9(15-16-11-12-5-6-13-11)7-3-1-2-4-8(7)14-10/h1-4,14,17H,5-6H2,(H,12,13). The summed E-state index contributed by atoms with van der Waals surface area (Å²) in [7, 11) is 0. The minimum Gasteiger partial charge on any atom is -0.493 e. The first-order valence-electron chi connectivity index (χ1n) is 5.34. The molecule has 0 atom stereocenters. The number of guanidine groups is 1. The van der Waals surface area contributed by atoms with E-state index in [9.17, 15) is 5.11 Å². The number of para-hydroxylation sites is 1. The first-order valence-corrected chi connectivity index (χ1v) is 5.34. The van der Waals surface area contributed by atoms with E-state index >= 15 is 0 Å². The Kier molecular flexibility index (Phi) is 2.25. The second-order valence-corrected chi connectivity index (χ2v) is 3.70. The maximum absolute atomic E-state index is 9.74. The van der Waals surface area contributed by atoms with Crippen LogP contribution in [0.1, 0.15) is 0 Å². The Bertz CT molecular complexity index is 613. The van der Waals surface area contributed by atoms with Crippen molar-refractivity contribution in [1.82, 2.24) is 10.3 Å². The number of fused-ring (bicyclic) bond motifs is 1. The van der Waals surface area contributed by atoms with E-state index in [0.29, 0.717) is 18.2 Å². The van der Waals surface area contributed by atoms with Gasteiger partial charge >= 0.3 is 0 Å². The summed E-state index contributed by atoms with van der Waals surface area (Å²) in [5, 5.41) is 21.6. The van der Waals surface area contributed by atoms with Crippen LogP contribution < -0.4 is 5.32 Å². The molecule has 3 N–H and O–H groups in total. The molecule has 0 saturated carbocycles. The van der Waals surface area contributed by atoms with Gasteiger partial charge in [-0.15, -0.1) is 10.2 Å². The number of aromatic nitrogens is 1. The van der Waals surface area contributed by atoms with Gasteiger partial charge in [0.15, 0.2) is 5.69 Å². The summed E-state index contributed by atoms with van der Waals surface area (Å²) in [6.07, 6.45) is 0. The lowest BCUT2D eigenvalue weighted by molar-refractivity contribution is 0.459. The number of aromatic hydroxyl groups is 1. The van der Waals surface area contributed by atoms with Gasteiger partial charge in [-0.2, -0.15) is 0 Å². The smallest absolute Gasteiger partial charge is 0.238 e. The van der Waals surface area contributed by atoms with Crippen molar-refractivity contribution >= 4 is 22.5 Å². The van der Waals surface area contributed by atoms with E-state index in [1.807, 2.05) is 24.3 Å². The third-order valence-corrected chi connectivity index (χ3v) is 2.56. The van der Waals surface area contributed by atoms with Gasteiger partial charge in [-0.25, -0.2) is 4.99 Å². The molecule has 0 amide bonds. The van der Waals surface area contributed by atoms with E-state index in [1.54, 1.807) is 0 Å². The van der Waals surface area contributed by atoms with Crippen LogP contribution in [0.3, 0.4) is 0 Å². The lowest BCUT2D eigenvalue weighted by atomic mass is 10.2. The zero-order chi connectivity index (χ0) is 11.7. The monoisotopic (exact) mass is 229 g/mol. The third-order valence-electron chi connectivity index (χ3n) is 2.56. The topological polar surface area (TPSA) is 85.1 Å². The van der Waals surface area contributed by atoms with Crippen LogP contribution in [0.2, 0.25) is 0 Å². The maximum atomic E-state index is 9.74. The highest BCUT2D eigenvalue weighted by molar-refractivity contribution is 5.94. The van der Waals surface area contributed by atoms with Crippen molar-refractivity contribution in [1.29, 1.82) is 0 Å². The quantitative estimate of drug-likeness (QED) is 0.652. The van der Waals surface area contributed by atoms with Crippen molar-refractivity contribution in [3.63, 3.8) is 0 Å². The minimum absolute atomic E-state index is 0.0218. The fourth-order valence-electron chi connectivity index (χ4n) is 1.76. The van der Waals surface area contributed by atoms with Gasteiger partial charge in [0.05, 0.1) is 12.1 Å². The Morgan fingerprint density at radius 2 is 2.12 bits per heavy atom. The summed E-state index contributed by atoms with van der Waals surface area (Å²) in [6.45, 7) is 1.50. The molecule has 1 aromatic heterocycles. The summed E-state index contributed by atoms with van der Waals surface area (Å²) >= 11 is 0. The number of hydrogen-bond acceptors (Lipinski definition) is 5. The highest BCUT2D eigenvalue weighted by Crippen LogP contribution is 2.35. The van der Waals surface area contributed by atoms with Crippen molar-refractivity contribution in [3.8, 4) is 5.88 Å². The second-order valence-electron chi connectivity index (χ2n) is 3.70. The van der Waals surface area contributed by atoms with E-state index in [0.717, 1.165) is 17.4 Å². The van der Waals surface area contributed by atoms with Gasteiger partial charge in [-0.05, 0) is 6.07 Å². The van der Waals surface area contributed by atoms with Gasteiger partial charge in [0, 0.05) is 11.9 Å². The lowest BCUT2D eigenvalue weighted by Crippen LogP contribution is -2.15. The number of benzene rings is 1. The van der Waals surface area contributed by atoms with Crippen LogP contribution in [0, 0.1) is 0 Å². The molecule has 0 aliphatic carbocycles. The fourth-order valence-corrected chi connectivity index (χ4v) is 1.76. The minimum atomic E-state index is 0.0218. The predicted molar refractivity (Wildman–Crippen MR) is 64.8 cm³/mol. The van der Waals surface area contributed by atoms with Crippen LogP contribution in [-0.2, 0) is 0 Å². The Hall–Kier alpha value is -2.37. The number of aliphatic imine (C=N–C) groups is 1. The molecule has 1 aromatic carbocycles. The molecule has 0 unspecified atom stereocenters. The van der Waals surface area contributed by atoms with Gasteiger partial charge in [0.1, 0.15) is 0 Å². The number of rotatable bonds is 1. The van der Waals surface area contributed by atoms with Gasteiger partial charge < -0.3 is 15.4 Å². The maximum Gasteiger partial charge on any atom is 0.238 e. The Balaban J connectivity index is 2.02. The molecular weight excluding hydrogens is 218 g/mol. The molecule has 6 nitrogen and oxygen atoms in total. The van der Waals surface area contributed by atoms with E-state index in [1.165, 1.54) is 0 Å². The summed E-state index contributed by atoms with van der Waals surface area (Å²) in [4.78, 5) is 6.94. The summed E-state index contributed by atoms with van der Waals surface area (Å²) < 4.78 is 0. The van der Waals surface area contributed by atoms with E-state index in [4.69, 9.17) is 0 Å². The molecule has 6 heteroatoms. The van der Waals surface area contributed by atoms with Crippen molar-refractivity contribution < 1.29 is 5.11 Å². The summed E-state index contributed by atoms with van der Waals surface area (Å²) in [5.41, 5.74) is 1.28. The SMILES string of the molecule is Oc1[nH]c2ccccc2c1N=NC1=NCCN1. The molecule has 3 rings (SSSR count). The summed E-state index contributed by atoms with van der Waals surface area (Å²) in [5.74, 6) is 0.531. The normalized spacial score (nSPS) is 15.4. The molecule has 17 heavy (non-hydrogen) atoms. The zero-order valence-corrected chi connectivity index (χ0v) is 9.01. The van der Waals surface area contributed by atoms with Crippen LogP contribution in [0.25, 0.3) is 10.9 Å². The van der Waals surface area contributed by atoms with E-state index in [-0.39, 0.29) is 5.88 Å². The van der Waals surface area contributed by atoms with Crippen LogP contribution in [0.4, 0.5) is 5.69 Å². The molecule has 1 aliphatic rings. The molecule has 0 radical (unpaired) electrons. The molecule has 2 aromatic rings. The highest BCUT2D eigenvalue weighted by Gasteiger charge is 2.10. The largest absolute Gasteiger partial charge is 0.493 e. The van der Waals surface area contributed by atoms with Crippen LogP contribution in [-0.4, -0.2) is 29.1 Å². The first-order chi connectivity index (χ1) is 8.34. The molecular formula is C11H11N5O. The molecule has 1 aliphatic heterocycles. The van der Waals surface area contributed by atoms with Gasteiger partial charge in [0.25, 0.3) is 0 Å². The number of H-pyrrole nitrogens is 1. The Morgan fingerprint density at radius 1 is 1.24 bits per heavy atom. The van der Waals surface area contributed by atoms with E-state index < -0.39 is 0 Å². The second kappa shape index (κ2) is 3.89. The highest BCUT2D eigenvalue weighted by atomic mass is 16.3. The van der Waals surface area contributed by atoms with Gasteiger partial charge in [-0.3, -0.25) is 0 Å². The Labute approximate surface area is 97.1 Å². The predicted octanol–water partition coefficient (Wildman–Crippen LogP) is 1.92. The van der Waals surface area contributed by atoms with Crippen molar-refractivity contribution in [3.05, 3.63) is 24.3 Å². The van der Waals surface area contributed by atoms with Crippen LogP contribution in [0.15, 0.2) is 39.5 Å². The lowest BCUT2D eigenvalue weighted by Gasteiger charge is -1.92. The Morgan fingerprint density at radius 3 is 2.94 bits per heavy atom. The van der Waals surface area contributed by atoms with Crippen LogP contribution >= 0.6 is 0 Å².